The topological polar surface area (TPSA) is 67.4 Å². The number of benzene rings is 3. The summed E-state index contributed by atoms with van der Waals surface area (Å²) in [5.74, 6) is -0.458. The number of hydrogen-bond acceptors (Lipinski definition) is 3. The van der Waals surface area contributed by atoms with E-state index in [9.17, 15) is 14.0 Å². The Morgan fingerprint density at radius 3 is 2.66 bits per heavy atom. The lowest BCUT2D eigenvalue weighted by molar-refractivity contribution is -0.115. The van der Waals surface area contributed by atoms with Gasteiger partial charge in [-0.25, -0.2) is 4.39 Å². The summed E-state index contributed by atoms with van der Waals surface area (Å²) in [5, 5.41) is 5.48. The Labute approximate surface area is 166 Å². The van der Waals surface area contributed by atoms with Crippen molar-refractivity contribution in [1.29, 1.82) is 0 Å². The molecule has 0 aliphatic carbocycles. The van der Waals surface area contributed by atoms with E-state index in [1.165, 1.54) is 12.1 Å². The molecule has 1 heterocycles. The summed E-state index contributed by atoms with van der Waals surface area (Å²) < 4.78 is 18.9. The number of rotatable bonds is 4. The zero-order valence-corrected chi connectivity index (χ0v) is 15.3. The number of fused-ring (bicyclic) bond motifs is 1. The molecule has 2 amide bonds. The zero-order valence-electron chi connectivity index (χ0n) is 15.3. The van der Waals surface area contributed by atoms with Gasteiger partial charge in [-0.1, -0.05) is 42.5 Å². The molecule has 29 heavy (non-hydrogen) atoms. The first-order valence-corrected chi connectivity index (χ1v) is 9.01. The van der Waals surface area contributed by atoms with E-state index in [1.807, 2.05) is 30.3 Å². The largest absolute Gasteiger partial charge is 0.449 e. The fourth-order valence-electron chi connectivity index (χ4n) is 2.93. The van der Waals surface area contributed by atoms with Gasteiger partial charge in [-0.3, -0.25) is 9.59 Å². The average molecular weight is 388 g/mol. The highest BCUT2D eigenvalue weighted by Gasteiger charge is 2.23. The summed E-state index contributed by atoms with van der Waals surface area (Å²) in [4.78, 5) is 24.8. The average Bonchev–Trinajstić information content (AvgIpc) is 2.73. The molecule has 0 atom stereocenters. The van der Waals surface area contributed by atoms with E-state index in [-0.39, 0.29) is 24.0 Å². The lowest BCUT2D eigenvalue weighted by Crippen LogP contribution is -2.25. The number of amides is 2. The van der Waals surface area contributed by atoms with Crippen LogP contribution in [0.4, 0.5) is 10.1 Å². The maximum Gasteiger partial charge on any atom is 0.291 e. The third-order valence-electron chi connectivity index (χ3n) is 4.37. The Balaban J connectivity index is 1.48. The molecule has 0 bridgehead atoms. The summed E-state index contributed by atoms with van der Waals surface area (Å²) in [6.45, 7) is 0.195. The highest BCUT2D eigenvalue weighted by atomic mass is 19.1. The number of anilines is 1. The van der Waals surface area contributed by atoms with Crippen LogP contribution in [0.25, 0.3) is 6.08 Å². The Kier molecular flexibility index (Phi) is 5.07. The molecule has 3 aromatic carbocycles. The van der Waals surface area contributed by atoms with Crippen LogP contribution in [-0.4, -0.2) is 11.8 Å². The normalized spacial score (nSPS) is 14.0. The van der Waals surface area contributed by atoms with Gasteiger partial charge in [0.1, 0.15) is 5.82 Å². The van der Waals surface area contributed by atoms with E-state index in [2.05, 4.69) is 10.6 Å². The highest BCUT2D eigenvalue weighted by molar-refractivity contribution is 6.09. The lowest BCUT2D eigenvalue weighted by Gasteiger charge is -2.20. The van der Waals surface area contributed by atoms with Crippen LogP contribution in [0.1, 0.15) is 21.5 Å². The second-order valence-electron chi connectivity index (χ2n) is 6.50. The second kappa shape index (κ2) is 7.98. The zero-order chi connectivity index (χ0) is 20.2. The van der Waals surface area contributed by atoms with Gasteiger partial charge in [0.05, 0.1) is 5.69 Å². The van der Waals surface area contributed by atoms with Gasteiger partial charge >= 0.3 is 0 Å². The fraction of sp³-hybridized carbons (Fsp3) is 0.0435. The van der Waals surface area contributed by atoms with Gasteiger partial charge in [0, 0.05) is 12.1 Å². The third kappa shape index (κ3) is 4.32. The van der Waals surface area contributed by atoms with Crippen LogP contribution in [0.2, 0.25) is 0 Å². The molecule has 1 aliphatic rings. The Bertz CT molecular complexity index is 1110. The molecule has 4 rings (SSSR count). The number of halogens is 1. The lowest BCUT2D eigenvalue weighted by atomic mass is 10.1. The smallest absolute Gasteiger partial charge is 0.291 e. The number of carbonyl (C=O) groups excluding carboxylic acids is 2. The molecule has 0 unspecified atom stereocenters. The molecule has 3 aromatic rings. The number of ether oxygens (including phenoxy) is 1. The SMILES string of the molecule is O=C1Nc2cc(C(=O)NCc3cccc(F)c3)ccc2O/C1=C\c1ccccc1. The summed E-state index contributed by atoms with van der Waals surface area (Å²) in [6.07, 6.45) is 1.65. The van der Waals surface area contributed by atoms with E-state index in [4.69, 9.17) is 4.74 Å². The van der Waals surface area contributed by atoms with Crippen LogP contribution < -0.4 is 15.4 Å². The first kappa shape index (κ1) is 18.4. The minimum atomic E-state index is -0.390. The summed E-state index contributed by atoms with van der Waals surface area (Å²) in [5.41, 5.74) is 2.27. The number of carbonyl (C=O) groups is 2. The van der Waals surface area contributed by atoms with E-state index in [1.54, 1.807) is 36.4 Å². The van der Waals surface area contributed by atoms with Crippen LogP contribution in [0.15, 0.2) is 78.6 Å². The van der Waals surface area contributed by atoms with Gasteiger partial charge in [0.25, 0.3) is 11.8 Å². The minimum Gasteiger partial charge on any atom is -0.449 e. The summed E-state index contributed by atoms with van der Waals surface area (Å²) in [6, 6.07) is 20.2. The van der Waals surface area contributed by atoms with Crippen molar-refractivity contribution in [3.63, 3.8) is 0 Å². The van der Waals surface area contributed by atoms with Crippen molar-refractivity contribution >= 4 is 23.6 Å². The molecule has 1 aliphatic heterocycles. The van der Waals surface area contributed by atoms with E-state index in [0.29, 0.717) is 22.6 Å². The van der Waals surface area contributed by atoms with Crippen molar-refractivity contribution in [3.8, 4) is 5.75 Å². The second-order valence-corrected chi connectivity index (χ2v) is 6.50. The quantitative estimate of drug-likeness (QED) is 0.661. The highest BCUT2D eigenvalue weighted by Crippen LogP contribution is 2.32. The van der Waals surface area contributed by atoms with Crippen molar-refractivity contribution in [2.45, 2.75) is 6.54 Å². The maximum atomic E-state index is 13.2. The van der Waals surface area contributed by atoms with Crippen LogP contribution in [0, 0.1) is 5.82 Å². The molecule has 0 saturated heterocycles. The van der Waals surface area contributed by atoms with Crippen molar-refractivity contribution in [2.24, 2.45) is 0 Å². The molecule has 0 aromatic heterocycles. The molecular weight excluding hydrogens is 371 g/mol. The molecule has 0 saturated carbocycles. The Morgan fingerprint density at radius 1 is 1.03 bits per heavy atom. The van der Waals surface area contributed by atoms with Crippen LogP contribution in [-0.2, 0) is 11.3 Å². The molecule has 0 fully saturated rings. The first-order chi connectivity index (χ1) is 14.1. The molecule has 144 valence electrons. The Morgan fingerprint density at radius 2 is 1.86 bits per heavy atom. The van der Waals surface area contributed by atoms with Gasteiger partial charge in [-0.2, -0.15) is 0 Å². The maximum absolute atomic E-state index is 13.2. The van der Waals surface area contributed by atoms with Gasteiger partial charge in [0.2, 0.25) is 0 Å². The van der Waals surface area contributed by atoms with Gasteiger partial charge in [0.15, 0.2) is 11.5 Å². The van der Waals surface area contributed by atoms with Gasteiger partial charge in [-0.05, 0) is 47.5 Å². The standard InChI is InChI=1S/C23H17FN2O3/c24-18-8-4-7-16(11-18)14-25-22(27)17-9-10-20-19(13-17)26-23(28)21(29-20)12-15-5-2-1-3-6-15/h1-13H,14H2,(H,25,27)(H,26,28)/b21-12-. The van der Waals surface area contributed by atoms with Crippen molar-refractivity contribution in [1.82, 2.24) is 5.32 Å². The van der Waals surface area contributed by atoms with E-state index < -0.39 is 5.91 Å². The molecule has 0 spiro atoms. The van der Waals surface area contributed by atoms with E-state index >= 15 is 0 Å². The molecule has 5 nitrogen and oxygen atoms in total. The predicted molar refractivity (Wildman–Crippen MR) is 108 cm³/mol. The monoisotopic (exact) mass is 388 g/mol. The molecule has 2 N–H and O–H groups in total. The van der Waals surface area contributed by atoms with Crippen molar-refractivity contribution in [2.75, 3.05) is 5.32 Å². The van der Waals surface area contributed by atoms with Crippen molar-refractivity contribution in [3.05, 3.63) is 101 Å². The Hall–Kier alpha value is -3.93. The van der Waals surface area contributed by atoms with Crippen LogP contribution in [0.3, 0.4) is 0 Å². The van der Waals surface area contributed by atoms with Gasteiger partial charge < -0.3 is 15.4 Å². The fourth-order valence-corrected chi connectivity index (χ4v) is 2.93. The van der Waals surface area contributed by atoms with Crippen LogP contribution >= 0.6 is 0 Å². The van der Waals surface area contributed by atoms with Crippen LogP contribution in [0.5, 0.6) is 5.75 Å². The van der Waals surface area contributed by atoms with Gasteiger partial charge in [-0.15, -0.1) is 0 Å². The third-order valence-corrected chi connectivity index (χ3v) is 4.37. The molecule has 6 heteroatoms. The predicted octanol–water partition coefficient (Wildman–Crippen LogP) is 4.13. The molecule has 0 radical (unpaired) electrons. The van der Waals surface area contributed by atoms with E-state index in [0.717, 1.165) is 5.56 Å². The molecular formula is C23H17FN2O3. The first-order valence-electron chi connectivity index (χ1n) is 9.01. The number of hydrogen-bond donors (Lipinski definition) is 2. The van der Waals surface area contributed by atoms with Crippen molar-refractivity contribution < 1.29 is 18.7 Å². The summed E-state index contributed by atoms with van der Waals surface area (Å²) >= 11 is 0. The number of nitrogens with one attached hydrogen (secondary N) is 2. The summed E-state index contributed by atoms with van der Waals surface area (Å²) in [7, 11) is 0. The minimum absolute atomic E-state index is 0.173.